The molecule has 3 heteroatoms. The van der Waals surface area contributed by atoms with Crippen molar-refractivity contribution in [2.45, 2.75) is 6.92 Å². The topological polar surface area (TPSA) is 17.3 Å². The van der Waals surface area contributed by atoms with E-state index in [9.17, 15) is 4.39 Å². The lowest BCUT2D eigenvalue weighted by atomic mass is 10.3. The van der Waals surface area contributed by atoms with Crippen LogP contribution in [0.15, 0.2) is 71.7 Å². The predicted octanol–water partition coefficient (Wildman–Crippen LogP) is 4.68. The summed E-state index contributed by atoms with van der Waals surface area (Å²) in [6.07, 6.45) is 1.76. The maximum atomic E-state index is 13.2. The van der Waals surface area contributed by atoms with E-state index in [0.29, 0.717) is 5.69 Å². The second-order valence-corrected chi connectivity index (χ2v) is 4.81. The Morgan fingerprint density at radius 1 is 0.952 bits per heavy atom. The van der Waals surface area contributed by atoms with Crippen LogP contribution in [0.3, 0.4) is 0 Å². The van der Waals surface area contributed by atoms with Gasteiger partial charge in [0.05, 0.1) is 17.6 Å². The van der Waals surface area contributed by atoms with E-state index in [4.69, 9.17) is 0 Å². The van der Waals surface area contributed by atoms with Crippen LogP contribution in [0.2, 0.25) is 0 Å². The Labute approximate surface area is 123 Å². The van der Waals surface area contributed by atoms with Gasteiger partial charge in [-0.2, -0.15) is 0 Å². The smallest absolute Gasteiger partial charge is 0.125 e. The molecule has 0 atom stereocenters. The van der Waals surface area contributed by atoms with Crippen LogP contribution in [0.1, 0.15) is 11.4 Å². The molecule has 0 saturated heterocycles. The van der Waals surface area contributed by atoms with Crippen molar-refractivity contribution in [1.29, 1.82) is 0 Å². The van der Waals surface area contributed by atoms with E-state index in [1.165, 1.54) is 12.1 Å². The van der Waals surface area contributed by atoms with E-state index in [-0.39, 0.29) is 5.82 Å². The Hall–Kier alpha value is -2.68. The quantitative estimate of drug-likeness (QED) is 0.619. The zero-order chi connectivity index (χ0) is 14.7. The molecule has 0 aliphatic rings. The van der Waals surface area contributed by atoms with E-state index in [0.717, 1.165) is 17.1 Å². The first-order chi connectivity index (χ1) is 10.2. The van der Waals surface area contributed by atoms with Crippen molar-refractivity contribution in [3.05, 3.63) is 83.9 Å². The molecular formula is C18H15FN2. The molecule has 104 valence electrons. The summed E-state index contributed by atoms with van der Waals surface area (Å²) in [7, 11) is 0. The molecule has 0 aliphatic carbocycles. The lowest BCUT2D eigenvalue weighted by Gasteiger charge is -2.08. The van der Waals surface area contributed by atoms with Crippen LogP contribution in [-0.4, -0.2) is 10.8 Å². The highest BCUT2D eigenvalue weighted by Crippen LogP contribution is 2.17. The fourth-order valence-corrected chi connectivity index (χ4v) is 2.29. The number of hydrogen-bond donors (Lipinski definition) is 0. The standard InChI is InChI=1S/C18H15FN2/c1-14-10-11-18(21(14)17-8-3-2-4-9-17)13-20-16-7-5-6-15(19)12-16/h2-13H,1H3. The predicted molar refractivity (Wildman–Crippen MR) is 84.2 cm³/mol. The SMILES string of the molecule is Cc1ccc(C=Nc2cccc(F)c2)n1-c1ccccc1. The molecule has 0 fully saturated rings. The van der Waals surface area contributed by atoms with Gasteiger partial charge in [-0.15, -0.1) is 0 Å². The first-order valence-electron chi connectivity index (χ1n) is 6.77. The molecule has 0 radical (unpaired) electrons. The second kappa shape index (κ2) is 5.75. The monoisotopic (exact) mass is 278 g/mol. The van der Waals surface area contributed by atoms with Crippen molar-refractivity contribution in [2.75, 3.05) is 0 Å². The number of rotatable bonds is 3. The van der Waals surface area contributed by atoms with Gasteiger partial charge in [-0.05, 0) is 49.4 Å². The number of halogens is 1. The second-order valence-electron chi connectivity index (χ2n) is 4.81. The fraction of sp³-hybridized carbons (Fsp3) is 0.0556. The molecule has 0 amide bonds. The maximum absolute atomic E-state index is 13.2. The molecule has 2 nitrogen and oxygen atoms in total. The van der Waals surface area contributed by atoms with Crippen molar-refractivity contribution in [3.63, 3.8) is 0 Å². The van der Waals surface area contributed by atoms with Crippen molar-refractivity contribution in [2.24, 2.45) is 4.99 Å². The Kier molecular flexibility index (Phi) is 3.65. The maximum Gasteiger partial charge on any atom is 0.125 e. The number of aliphatic imine (C=N–C) groups is 1. The third-order valence-electron chi connectivity index (χ3n) is 3.27. The summed E-state index contributed by atoms with van der Waals surface area (Å²) < 4.78 is 15.3. The van der Waals surface area contributed by atoms with Gasteiger partial charge in [0, 0.05) is 11.4 Å². The van der Waals surface area contributed by atoms with E-state index < -0.39 is 0 Å². The number of hydrogen-bond acceptors (Lipinski definition) is 1. The van der Waals surface area contributed by atoms with Gasteiger partial charge in [0.1, 0.15) is 5.82 Å². The van der Waals surface area contributed by atoms with E-state index in [1.54, 1.807) is 18.3 Å². The minimum absolute atomic E-state index is 0.278. The summed E-state index contributed by atoms with van der Waals surface area (Å²) in [5.41, 5.74) is 3.78. The van der Waals surface area contributed by atoms with Crippen molar-refractivity contribution in [3.8, 4) is 5.69 Å². The van der Waals surface area contributed by atoms with Crippen LogP contribution in [0.4, 0.5) is 10.1 Å². The van der Waals surface area contributed by atoms with Crippen molar-refractivity contribution >= 4 is 11.9 Å². The van der Waals surface area contributed by atoms with Crippen LogP contribution in [-0.2, 0) is 0 Å². The van der Waals surface area contributed by atoms with Gasteiger partial charge in [-0.1, -0.05) is 24.3 Å². The van der Waals surface area contributed by atoms with Gasteiger partial charge in [0.15, 0.2) is 0 Å². The third-order valence-corrected chi connectivity index (χ3v) is 3.27. The largest absolute Gasteiger partial charge is 0.313 e. The zero-order valence-corrected chi connectivity index (χ0v) is 11.7. The van der Waals surface area contributed by atoms with Gasteiger partial charge in [0.2, 0.25) is 0 Å². The van der Waals surface area contributed by atoms with Crippen LogP contribution < -0.4 is 0 Å². The van der Waals surface area contributed by atoms with E-state index >= 15 is 0 Å². The normalized spacial score (nSPS) is 11.1. The molecule has 0 spiro atoms. The molecule has 0 N–H and O–H groups in total. The summed E-state index contributed by atoms with van der Waals surface area (Å²) in [6.45, 7) is 2.05. The van der Waals surface area contributed by atoms with Crippen molar-refractivity contribution in [1.82, 2.24) is 4.57 Å². The molecule has 0 aliphatic heterocycles. The summed E-state index contributed by atoms with van der Waals surface area (Å²) in [5.74, 6) is -0.278. The fourth-order valence-electron chi connectivity index (χ4n) is 2.29. The molecule has 3 aromatic rings. The van der Waals surface area contributed by atoms with Crippen LogP contribution in [0, 0.1) is 12.7 Å². The zero-order valence-electron chi connectivity index (χ0n) is 11.7. The minimum Gasteiger partial charge on any atom is -0.313 e. The molecule has 0 saturated carbocycles. The van der Waals surface area contributed by atoms with E-state index in [2.05, 4.69) is 9.56 Å². The molecule has 1 heterocycles. The molecule has 3 rings (SSSR count). The lowest BCUT2D eigenvalue weighted by molar-refractivity contribution is 0.628. The first kappa shape index (κ1) is 13.3. The highest BCUT2D eigenvalue weighted by molar-refractivity contribution is 5.81. The molecule has 1 aromatic heterocycles. The average molecular weight is 278 g/mol. The van der Waals surface area contributed by atoms with Crippen LogP contribution >= 0.6 is 0 Å². The van der Waals surface area contributed by atoms with Gasteiger partial charge < -0.3 is 4.57 Å². The summed E-state index contributed by atoms with van der Waals surface area (Å²) in [6, 6.07) is 20.4. The minimum atomic E-state index is -0.278. The molecule has 21 heavy (non-hydrogen) atoms. The third kappa shape index (κ3) is 2.92. The van der Waals surface area contributed by atoms with Gasteiger partial charge in [-0.25, -0.2) is 4.39 Å². The van der Waals surface area contributed by atoms with Gasteiger partial charge >= 0.3 is 0 Å². The number of para-hydroxylation sites is 1. The summed E-state index contributed by atoms with van der Waals surface area (Å²) in [5, 5.41) is 0. The highest BCUT2D eigenvalue weighted by Gasteiger charge is 2.04. The van der Waals surface area contributed by atoms with Crippen molar-refractivity contribution < 1.29 is 4.39 Å². The summed E-state index contributed by atoms with van der Waals surface area (Å²) in [4.78, 5) is 4.35. The first-order valence-corrected chi connectivity index (χ1v) is 6.77. The number of aryl methyl sites for hydroxylation is 1. The Morgan fingerprint density at radius 2 is 1.76 bits per heavy atom. The molecule has 0 bridgehead atoms. The number of benzene rings is 2. The van der Waals surface area contributed by atoms with Gasteiger partial charge in [0.25, 0.3) is 0 Å². The molecule has 2 aromatic carbocycles. The number of nitrogens with zero attached hydrogens (tertiary/aromatic N) is 2. The molecular weight excluding hydrogens is 263 g/mol. The number of aromatic nitrogens is 1. The Morgan fingerprint density at radius 3 is 2.52 bits per heavy atom. The average Bonchev–Trinajstić information content (AvgIpc) is 2.87. The summed E-state index contributed by atoms with van der Waals surface area (Å²) >= 11 is 0. The highest BCUT2D eigenvalue weighted by atomic mass is 19.1. The lowest BCUT2D eigenvalue weighted by Crippen LogP contribution is -2.00. The molecule has 0 unspecified atom stereocenters. The Bertz CT molecular complexity index is 773. The van der Waals surface area contributed by atoms with Gasteiger partial charge in [-0.3, -0.25) is 4.99 Å². The van der Waals surface area contributed by atoms with Crippen LogP contribution in [0.5, 0.6) is 0 Å². The Balaban J connectivity index is 1.97. The van der Waals surface area contributed by atoms with E-state index in [1.807, 2.05) is 49.4 Å². The van der Waals surface area contributed by atoms with Crippen LogP contribution in [0.25, 0.3) is 5.69 Å².